The van der Waals surface area contributed by atoms with E-state index in [1.807, 2.05) is 0 Å². The Morgan fingerprint density at radius 1 is 1.13 bits per heavy atom. The largest absolute Gasteiger partial charge is 1.00 e. The fraction of sp³-hybridized carbons (Fsp3) is 0.600. The standard InChI is InChI=1S/C5H5.C3H9Si.2CH3O.ClH.V/c1-2-4-5-3-1;1-4(2)3;2*1-2;;/h1-3H,4H2;1-3H3;2*1H3;1H;/q;;2*-1;;+3/p-1. The third-order valence-corrected chi connectivity index (χ3v) is 7.19. The van der Waals surface area contributed by atoms with Crippen molar-refractivity contribution in [2.24, 2.45) is 0 Å². The van der Waals surface area contributed by atoms with Crippen LogP contribution in [0.1, 0.15) is 6.42 Å². The fourth-order valence-corrected chi connectivity index (χ4v) is 7.09. The SMILES string of the molecule is C[O-].C[O-].C[Si](C)(C)[V+3][C]1=CC=CC1.[Cl-]. The summed E-state index contributed by atoms with van der Waals surface area (Å²) >= 11 is 0.557. The fourth-order valence-electron chi connectivity index (χ4n) is 0.950. The number of allylic oxidation sites excluding steroid dienone is 4. The van der Waals surface area contributed by atoms with Crippen LogP contribution in [-0.2, 0) is 15.6 Å². The second-order valence-electron chi connectivity index (χ2n) is 3.57. The minimum absolute atomic E-state index is 0. The normalized spacial score (nSPS) is 12.1. The zero-order chi connectivity index (χ0) is 11.6. The Morgan fingerprint density at radius 3 is 1.87 bits per heavy atom. The molecule has 0 aromatic rings. The van der Waals surface area contributed by atoms with Crippen LogP contribution in [0, 0.1) is 0 Å². The maximum atomic E-state index is 8.25. The molecule has 2 nitrogen and oxygen atoms in total. The molecule has 5 heteroatoms. The van der Waals surface area contributed by atoms with Crippen LogP contribution in [0.5, 0.6) is 0 Å². The molecule has 0 unspecified atom stereocenters. The third-order valence-electron chi connectivity index (χ3n) is 1.23. The van der Waals surface area contributed by atoms with Gasteiger partial charge in [-0.15, -0.1) is 0 Å². The molecule has 0 heterocycles. The molecule has 0 N–H and O–H groups in total. The molecular weight excluding hydrogens is 267 g/mol. The second-order valence-corrected chi connectivity index (χ2v) is 16.4. The van der Waals surface area contributed by atoms with Crippen molar-refractivity contribution in [2.45, 2.75) is 26.1 Å². The smallest absolute Gasteiger partial charge is 1.00 e. The van der Waals surface area contributed by atoms with Gasteiger partial charge in [0.15, 0.2) is 0 Å². The molecule has 0 fully saturated rings. The van der Waals surface area contributed by atoms with Gasteiger partial charge in [-0.05, 0) is 0 Å². The van der Waals surface area contributed by atoms with E-state index in [2.05, 4.69) is 37.9 Å². The van der Waals surface area contributed by atoms with Crippen molar-refractivity contribution >= 4 is 6.45 Å². The van der Waals surface area contributed by atoms with E-state index in [0.29, 0.717) is 15.6 Å². The van der Waals surface area contributed by atoms with Gasteiger partial charge in [0.1, 0.15) is 0 Å². The molecule has 15 heavy (non-hydrogen) atoms. The van der Waals surface area contributed by atoms with Gasteiger partial charge in [0.25, 0.3) is 0 Å². The summed E-state index contributed by atoms with van der Waals surface area (Å²) in [7, 11) is 1.50. The molecule has 0 aliphatic heterocycles. The van der Waals surface area contributed by atoms with Crippen LogP contribution in [0.4, 0.5) is 0 Å². The first-order valence-electron chi connectivity index (χ1n) is 4.48. The molecule has 0 atom stereocenters. The monoisotopic (exact) mass is 286 g/mol. The van der Waals surface area contributed by atoms with Crippen LogP contribution in [0.3, 0.4) is 0 Å². The van der Waals surface area contributed by atoms with Crippen molar-refractivity contribution in [3.63, 3.8) is 0 Å². The Balaban J connectivity index is -0.000000258. The summed E-state index contributed by atoms with van der Waals surface area (Å²) in [4.78, 5) is 0. The van der Waals surface area contributed by atoms with E-state index >= 15 is 0 Å². The second kappa shape index (κ2) is 12.6. The minimum Gasteiger partial charge on any atom is -1.00 e. The molecule has 0 amide bonds. The van der Waals surface area contributed by atoms with E-state index in [1.54, 1.807) is 4.28 Å². The van der Waals surface area contributed by atoms with E-state index in [4.69, 9.17) is 10.2 Å². The van der Waals surface area contributed by atoms with E-state index in [9.17, 15) is 0 Å². The number of halogens is 1. The van der Waals surface area contributed by atoms with Gasteiger partial charge in [0, 0.05) is 0 Å². The molecule has 1 rings (SSSR count). The summed E-state index contributed by atoms with van der Waals surface area (Å²) in [6.45, 7) is 7.39. The zero-order valence-electron chi connectivity index (χ0n) is 10.1. The van der Waals surface area contributed by atoms with Crippen LogP contribution < -0.4 is 22.6 Å². The topological polar surface area (TPSA) is 46.1 Å². The van der Waals surface area contributed by atoms with Crippen LogP contribution in [0.15, 0.2) is 22.5 Å². The first-order valence-corrected chi connectivity index (χ1v) is 10.7. The van der Waals surface area contributed by atoms with Gasteiger partial charge in [0.2, 0.25) is 0 Å². The summed E-state index contributed by atoms with van der Waals surface area (Å²) in [5.41, 5.74) is 0. The van der Waals surface area contributed by atoms with Gasteiger partial charge < -0.3 is 22.6 Å². The molecule has 0 aromatic heterocycles. The van der Waals surface area contributed by atoms with Crippen LogP contribution in [0.2, 0.25) is 19.6 Å². The van der Waals surface area contributed by atoms with Crippen molar-refractivity contribution < 1.29 is 38.2 Å². The number of rotatable bonds is 2. The molecule has 0 saturated heterocycles. The minimum atomic E-state index is -0.737. The Hall–Kier alpha value is 0.491. The summed E-state index contributed by atoms with van der Waals surface area (Å²) in [6.07, 6.45) is 7.30. The van der Waals surface area contributed by atoms with Crippen LogP contribution in [-0.4, -0.2) is 20.7 Å². The van der Waals surface area contributed by atoms with Crippen molar-refractivity contribution in [3.8, 4) is 0 Å². The Kier molecular flexibility index (Phi) is 17.5. The quantitative estimate of drug-likeness (QED) is 0.536. The van der Waals surface area contributed by atoms with E-state index in [-0.39, 0.29) is 12.4 Å². The molecular formula is C10H20ClO2SiV. The first-order chi connectivity index (χ1) is 6.58. The van der Waals surface area contributed by atoms with Gasteiger partial charge in [0.05, 0.1) is 0 Å². The average molecular weight is 287 g/mol. The molecule has 1 aliphatic rings. The first kappa shape index (κ1) is 20.8. The molecule has 0 spiro atoms. The Labute approximate surface area is 107 Å². The number of hydrogen-bond donors (Lipinski definition) is 0. The summed E-state index contributed by atoms with van der Waals surface area (Å²) < 4.78 is 1.73. The summed E-state index contributed by atoms with van der Waals surface area (Å²) in [5.74, 6) is 0. The van der Waals surface area contributed by atoms with Crippen LogP contribution >= 0.6 is 0 Å². The predicted octanol–water partition coefficient (Wildman–Crippen LogP) is -2.30. The third kappa shape index (κ3) is 14.5. The number of hydrogen-bond acceptors (Lipinski definition) is 2. The van der Waals surface area contributed by atoms with E-state index in [1.165, 1.54) is 6.42 Å². The van der Waals surface area contributed by atoms with Crippen LogP contribution in [0.25, 0.3) is 0 Å². The Morgan fingerprint density at radius 2 is 1.60 bits per heavy atom. The van der Waals surface area contributed by atoms with Crippen molar-refractivity contribution in [1.29, 1.82) is 0 Å². The molecule has 0 saturated carbocycles. The average Bonchev–Trinajstić information content (AvgIpc) is 2.61. The molecule has 88 valence electrons. The van der Waals surface area contributed by atoms with Crippen molar-refractivity contribution in [2.75, 3.05) is 14.2 Å². The summed E-state index contributed by atoms with van der Waals surface area (Å²) in [5, 5.41) is 16.5. The molecule has 0 aromatic carbocycles. The van der Waals surface area contributed by atoms with Gasteiger partial charge in [-0.3, -0.25) is 0 Å². The zero-order valence-corrected chi connectivity index (χ0v) is 13.2. The van der Waals surface area contributed by atoms with E-state index < -0.39 is 6.45 Å². The van der Waals surface area contributed by atoms with Crippen molar-refractivity contribution in [1.82, 2.24) is 0 Å². The van der Waals surface area contributed by atoms with Gasteiger partial charge in [-0.25, -0.2) is 0 Å². The summed E-state index contributed by atoms with van der Waals surface area (Å²) in [6, 6.07) is 0. The van der Waals surface area contributed by atoms with Gasteiger partial charge in [-0.1, -0.05) is 0 Å². The molecule has 0 bridgehead atoms. The molecule has 0 radical (unpaired) electrons. The van der Waals surface area contributed by atoms with Gasteiger partial charge in [-0.2, -0.15) is 14.2 Å². The maximum Gasteiger partial charge on any atom is -1.00 e. The van der Waals surface area contributed by atoms with E-state index in [0.717, 1.165) is 14.2 Å². The molecule has 1 aliphatic carbocycles. The Bertz CT molecular complexity index is 188. The van der Waals surface area contributed by atoms with Crippen molar-refractivity contribution in [3.05, 3.63) is 22.5 Å². The maximum absolute atomic E-state index is 8.25. The van der Waals surface area contributed by atoms with Gasteiger partial charge >= 0.3 is 70.6 Å². The predicted molar refractivity (Wildman–Crippen MR) is 57.0 cm³/mol.